The number of hydrogen-bond donors (Lipinski definition) is 1. The van der Waals surface area contributed by atoms with Crippen LogP contribution in [-0.2, 0) is 6.61 Å². The van der Waals surface area contributed by atoms with Gasteiger partial charge in [-0.05, 0) is 12.1 Å². The number of aromatic nitrogens is 2. The highest BCUT2D eigenvalue weighted by molar-refractivity contribution is 5.92. The molecule has 0 aliphatic heterocycles. The summed E-state index contributed by atoms with van der Waals surface area (Å²) in [5.41, 5.74) is 0.0119. The second kappa shape index (κ2) is 5.17. The van der Waals surface area contributed by atoms with Gasteiger partial charge in [-0.1, -0.05) is 11.2 Å². The van der Waals surface area contributed by atoms with Crippen LogP contribution < -0.4 is 9.47 Å². The zero-order valence-corrected chi connectivity index (χ0v) is 9.49. The van der Waals surface area contributed by atoms with Gasteiger partial charge in [-0.15, -0.1) is 0 Å². The molecule has 0 saturated carbocycles. The van der Waals surface area contributed by atoms with E-state index < -0.39 is 5.97 Å². The summed E-state index contributed by atoms with van der Waals surface area (Å²) >= 11 is 0. The van der Waals surface area contributed by atoms with E-state index in [-0.39, 0.29) is 17.9 Å². The van der Waals surface area contributed by atoms with Crippen molar-refractivity contribution >= 4 is 5.97 Å². The molecule has 0 aliphatic carbocycles. The van der Waals surface area contributed by atoms with Gasteiger partial charge in [-0.3, -0.25) is 0 Å². The van der Waals surface area contributed by atoms with Crippen LogP contribution in [0.3, 0.4) is 0 Å². The number of rotatable bonds is 5. The molecular weight excluding hydrogens is 240 g/mol. The first-order valence-corrected chi connectivity index (χ1v) is 5.00. The minimum atomic E-state index is -1.10. The molecule has 0 unspecified atom stereocenters. The van der Waals surface area contributed by atoms with E-state index in [0.717, 1.165) is 0 Å². The fourth-order valence-corrected chi connectivity index (χ4v) is 1.39. The Labute approximate surface area is 102 Å². The Morgan fingerprint density at radius 3 is 2.94 bits per heavy atom. The summed E-state index contributed by atoms with van der Waals surface area (Å²) in [7, 11) is 1.43. The largest absolute Gasteiger partial charge is 0.493 e. The lowest BCUT2D eigenvalue weighted by atomic mass is 10.2. The van der Waals surface area contributed by atoms with Crippen LogP contribution in [0.2, 0.25) is 0 Å². The molecule has 1 aromatic carbocycles. The third kappa shape index (κ3) is 2.40. The van der Waals surface area contributed by atoms with Crippen molar-refractivity contribution in [1.29, 1.82) is 0 Å². The number of ether oxygens (including phenoxy) is 2. The van der Waals surface area contributed by atoms with Gasteiger partial charge in [0.25, 0.3) is 0 Å². The van der Waals surface area contributed by atoms with Crippen molar-refractivity contribution < 1.29 is 23.9 Å². The van der Waals surface area contributed by atoms with E-state index in [2.05, 4.69) is 14.7 Å². The Bertz CT molecular complexity index is 538. The van der Waals surface area contributed by atoms with Crippen molar-refractivity contribution in [3.63, 3.8) is 0 Å². The Hall–Kier alpha value is -2.57. The molecule has 0 aliphatic rings. The molecule has 0 atom stereocenters. The average Bonchev–Trinajstić information content (AvgIpc) is 2.88. The van der Waals surface area contributed by atoms with E-state index in [1.807, 2.05) is 0 Å². The van der Waals surface area contributed by atoms with Gasteiger partial charge in [0.2, 0.25) is 12.2 Å². The Kier molecular flexibility index (Phi) is 3.42. The molecule has 2 rings (SSSR count). The SMILES string of the molecule is COc1cccc(C(=O)O)c1OCc1ncon1. The van der Waals surface area contributed by atoms with Crippen molar-refractivity contribution in [1.82, 2.24) is 10.1 Å². The maximum atomic E-state index is 11.1. The number of aromatic carboxylic acids is 1. The lowest BCUT2D eigenvalue weighted by molar-refractivity contribution is 0.0690. The van der Waals surface area contributed by atoms with Gasteiger partial charge in [0.15, 0.2) is 18.1 Å². The summed E-state index contributed by atoms with van der Waals surface area (Å²) < 4.78 is 15.0. The van der Waals surface area contributed by atoms with Crippen LogP contribution >= 0.6 is 0 Å². The second-order valence-corrected chi connectivity index (χ2v) is 3.28. The summed E-state index contributed by atoms with van der Waals surface area (Å²) in [6, 6.07) is 4.61. The third-order valence-electron chi connectivity index (χ3n) is 2.18. The lowest BCUT2D eigenvalue weighted by Gasteiger charge is -2.11. The van der Waals surface area contributed by atoms with E-state index in [1.165, 1.54) is 19.6 Å². The number of carboxylic acids is 1. The first kappa shape index (κ1) is 11.9. The van der Waals surface area contributed by atoms with E-state index >= 15 is 0 Å². The standard InChI is InChI=1S/C11H10N2O5/c1-16-8-4-2-3-7(11(14)15)10(8)17-5-9-12-6-18-13-9/h2-4,6H,5H2,1H3,(H,14,15). The number of carboxylic acid groups (broad SMARTS) is 1. The highest BCUT2D eigenvalue weighted by Gasteiger charge is 2.16. The van der Waals surface area contributed by atoms with E-state index in [0.29, 0.717) is 11.6 Å². The van der Waals surface area contributed by atoms with E-state index in [1.54, 1.807) is 12.1 Å². The van der Waals surface area contributed by atoms with Crippen LogP contribution in [0.25, 0.3) is 0 Å². The van der Waals surface area contributed by atoms with Crippen LogP contribution in [0.4, 0.5) is 0 Å². The number of nitrogens with zero attached hydrogens (tertiary/aromatic N) is 2. The molecule has 94 valence electrons. The van der Waals surface area contributed by atoms with Crippen molar-refractivity contribution in [3.05, 3.63) is 36.0 Å². The minimum absolute atomic E-state index is 0.00282. The fraction of sp³-hybridized carbons (Fsp3) is 0.182. The molecule has 0 fully saturated rings. The van der Waals surface area contributed by atoms with Crippen LogP contribution in [0.1, 0.15) is 16.2 Å². The van der Waals surface area contributed by atoms with Crippen molar-refractivity contribution in [2.24, 2.45) is 0 Å². The summed E-state index contributed by atoms with van der Waals surface area (Å²) in [6.07, 6.45) is 1.17. The smallest absolute Gasteiger partial charge is 0.339 e. The van der Waals surface area contributed by atoms with Crippen molar-refractivity contribution in [3.8, 4) is 11.5 Å². The molecular formula is C11H10N2O5. The van der Waals surface area contributed by atoms with Gasteiger partial charge in [-0.25, -0.2) is 4.79 Å². The zero-order chi connectivity index (χ0) is 13.0. The molecule has 0 radical (unpaired) electrons. The minimum Gasteiger partial charge on any atom is -0.493 e. The van der Waals surface area contributed by atoms with E-state index in [9.17, 15) is 4.79 Å². The van der Waals surface area contributed by atoms with Crippen LogP contribution in [0.5, 0.6) is 11.5 Å². The molecule has 0 spiro atoms. The number of carbonyl (C=O) groups is 1. The molecule has 1 heterocycles. The summed E-state index contributed by atoms with van der Waals surface area (Å²) in [6.45, 7) is -0.00282. The Morgan fingerprint density at radius 2 is 2.33 bits per heavy atom. The quantitative estimate of drug-likeness (QED) is 0.855. The van der Waals surface area contributed by atoms with Gasteiger partial charge in [-0.2, -0.15) is 4.98 Å². The van der Waals surface area contributed by atoms with Crippen molar-refractivity contribution in [2.45, 2.75) is 6.61 Å². The molecule has 0 amide bonds. The van der Waals surface area contributed by atoms with Crippen LogP contribution in [0, 0.1) is 0 Å². The topological polar surface area (TPSA) is 94.7 Å². The molecule has 18 heavy (non-hydrogen) atoms. The maximum Gasteiger partial charge on any atom is 0.339 e. The number of para-hydroxylation sites is 1. The Balaban J connectivity index is 2.26. The van der Waals surface area contributed by atoms with Crippen molar-refractivity contribution in [2.75, 3.05) is 7.11 Å². The third-order valence-corrected chi connectivity index (χ3v) is 2.18. The predicted octanol–water partition coefficient (Wildman–Crippen LogP) is 1.36. The average molecular weight is 250 g/mol. The monoisotopic (exact) mass is 250 g/mol. The van der Waals surface area contributed by atoms with Gasteiger partial charge in [0, 0.05) is 0 Å². The molecule has 7 heteroatoms. The predicted molar refractivity (Wildman–Crippen MR) is 58.6 cm³/mol. The highest BCUT2D eigenvalue weighted by atomic mass is 16.5. The lowest BCUT2D eigenvalue weighted by Crippen LogP contribution is -2.05. The first-order chi connectivity index (χ1) is 8.72. The second-order valence-electron chi connectivity index (χ2n) is 3.28. The van der Waals surface area contributed by atoms with Gasteiger partial charge in [0.1, 0.15) is 5.56 Å². The summed E-state index contributed by atoms with van der Waals surface area (Å²) in [5, 5.41) is 12.6. The van der Waals surface area contributed by atoms with Gasteiger partial charge >= 0.3 is 5.97 Å². The summed E-state index contributed by atoms with van der Waals surface area (Å²) in [4.78, 5) is 14.8. The van der Waals surface area contributed by atoms with Crippen LogP contribution in [0.15, 0.2) is 29.1 Å². The highest BCUT2D eigenvalue weighted by Crippen LogP contribution is 2.31. The van der Waals surface area contributed by atoms with Gasteiger partial charge in [0.05, 0.1) is 7.11 Å². The molecule has 1 aromatic heterocycles. The molecule has 2 aromatic rings. The number of methoxy groups -OCH3 is 1. The fourth-order valence-electron chi connectivity index (χ4n) is 1.39. The number of benzene rings is 1. The number of hydrogen-bond acceptors (Lipinski definition) is 6. The molecule has 0 saturated heterocycles. The molecule has 1 N–H and O–H groups in total. The maximum absolute atomic E-state index is 11.1. The van der Waals surface area contributed by atoms with E-state index in [4.69, 9.17) is 14.6 Å². The van der Waals surface area contributed by atoms with Gasteiger partial charge < -0.3 is 19.1 Å². The zero-order valence-electron chi connectivity index (χ0n) is 9.49. The van der Waals surface area contributed by atoms with Crippen LogP contribution in [-0.4, -0.2) is 28.3 Å². The first-order valence-electron chi connectivity index (χ1n) is 5.00. The summed E-state index contributed by atoms with van der Waals surface area (Å²) in [5.74, 6) is -0.315. The molecule has 0 bridgehead atoms. The molecule has 7 nitrogen and oxygen atoms in total. The normalized spacial score (nSPS) is 10.1. The Morgan fingerprint density at radius 1 is 1.50 bits per heavy atom.